The normalized spacial score (nSPS) is 24.6. The van der Waals surface area contributed by atoms with E-state index in [0.717, 1.165) is 24.8 Å². The molecule has 2 aromatic rings. The molecule has 5 rings (SSSR count). The quantitative estimate of drug-likeness (QED) is 0.732. The molecule has 1 aromatic heterocycles. The molecule has 8 heteroatoms. The number of anilines is 1. The summed E-state index contributed by atoms with van der Waals surface area (Å²) < 4.78 is 17.1. The van der Waals surface area contributed by atoms with Gasteiger partial charge in [0.1, 0.15) is 11.4 Å². The Labute approximate surface area is 154 Å². The average Bonchev–Trinajstić information content (AvgIpc) is 3.42. The minimum absolute atomic E-state index is 0.0117. The third kappa shape index (κ3) is 2.40. The van der Waals surface area contributed by atoms with E-state index in [1.807, 2.05) is 9.47 Å². The summed E-state index contributed by atoms with van der Waals surface area (Å²) in [5.41, 5.74) is 7.16. The molecule has 2 atom stereocenters. The van der Waals surface area contributed by atoms with Crippen LogP contribution in [0, 0.1) is 5.82 Å². The molecule has 1 aliphatic carbocycles. The van der Waals surface area contributed by atoms with Gasteiger partial charge in [0.05, 0.1) is 17.2 Å². The molecule has 0 bridgehead atoms. The molecule has 1 aromatic carbocycles. The lowest BCUT2D eigenvalue weighted by molar-refractivity contribution is 0.0695. The monoisotopic (exact) mass is 372 g/mol. The number of carboxylic acids is 1. The van der Waals surface area contributed by atoms with Gasteiger partial charge in [-0.15, -0.1) is 0 Å². The van der Waals surface area contributed by atoms with E-state index < -0.39 is 17.2 Å². The Morgan fingerprint density at radius 3 is 2.81 bits per heavy atom. The molecule has 0 radical (unpaired) electrons. The summed E-state index contributed by atoms with van der Waals surface area (Å²) in [6.07, 6.45) is 4.07. The first-order chi connectivity index (χ1) is 13.0. The summed E-state index contributed by atoms with van der Waals surface area (Å²) in [6, 6.07) is 1.35. The number of hydrogen-bond acceptors (Lipinski definition) is 5. The van der Waals surface area contributed by atoms with Crippen LogP contribution in [0.1, 0.15) is 41.2 Å². The summed E-state index contributed by atoms with van der Waals surface area (Å²) in [5.74, 6) is -1.77. The standard InChI is InChI=1S/C19H21FN4O3/c20-13-5-10-16(24(9-1-2-9)8-12(18(10)25)19(26)27)11-6-22-7-15-14(21)3-4-23(15)17(11)13/h5,8-9,14-15,22H,1-4,6-7,21H2,(H,26,27)/t14-,15-/m1/s1. The Balaban J connectivity index is 1.86. The second-order valence-electron chi connectivity index (χ2n) is 7.74. The summed E-state index contributed by atoms with van der Waals surface area (Å²) in [4.78, 5) is 26.3. The van der Waals surface area contributed by atoms with Gasteiger partial charge in [0.25, 0.3) is 0 Å². The number of fused-ring (bicyclic) bond motifs is 5. The van der Waals surface area contributed by atoms with Crippen LogP contribution in [0.25, 0.3) is 10.9 Å². The number of carbonyl (C=O) groups is 1. The van der Waals surface area contributed by atoms with Gasteiger partial charge in [0.15, 0.2) is 0 Å². The third-order valence-corrected chi connectivity index (χ3v) is 6.05. The molecule has 3 heterocycles. The number of aromatic carboxylic acids is 1. The SMILES string of the molecule is N[C@@H]1CCN2c3c(F)cc4c(=O)c(C(=O)O)cn(C5CC5)c4c3CNC[C@H]12. The van der Waals surface area contributed by atoms with Gasteiger partial charge in [-0.3, -0.25) is 4.79 Å². The Hall–Kier alpha value is -2.45. The molecule has 1 saturated heterocycles. The molecule has 27 heavy (non-hydrogen) atoms. The molecule has 4 N–H and O–H groups in total. The number of rotatable bonds is 2. The number of aromatic nitrogens is 1. The number of carboxylic acid groups (broad SMARTS) is 1. The Morgan fingerprint density at radius 2 is 2.11 bits per heavy atom. The largest absolute Gasteiger partial charge is 0.477 e. The van der Waals surface area contributed by atoms with Crippen LogP contribution < -0.4 is 21.4 Å². The van der Waals surface area contributed by atoms with Crippen LogP contribution in [0.2, 0.25) is 0 Å². The zero-order valence-corrected chi connectivity index (χ0v) is 14.7. The number of nitrogens with one attached hydrogen (secondary N) is 1. The van der Waals surface area contributed by atoms with E-state index in [0.29, 0.717) is 30.8 Å². The van der Waals surface area contributed by atoms with Crippen LogP contribution >= 0.6 is 0 Å². The molecular weight excluding hydrogens is 351 g/mol. The minimum atomic E-state index is -1.28. The van der Waals surface area contributed by atoms with Gasteiger partial charge in [0, 0.05) is 48.9 Å². The maximum absolute atomic E-state index is 15.2. The lowest BCUT2D eigenvalue weighted by Crippen LogP contribution is -2.44. The van der Waals surface area contributed by atoms with E-state index >= 15 is 4.39 Å². The van der Waals surface area contributed by atoms with E-state index in [4.69, 9.17) is 5.73 Å². The third-order valence-electron chi connectivity index (χ3n) is 6.05. The van der Waals surface area contributed by atoms with Crippen LogP contribution in [-0.4, -0.2) is 40.8 Å². The minimum Gasteiger partial charge on any atom is -0.477 e. The van der Waals surface area contributed by atoms with Crippen molar-refractivity contribution >= 4 is 22.6 Å². The predicted octanol–water partition coefficient (Wildman–Crippen LogP) is 1.18. The van der Waals surface area contributed by atoms with E-state index in [1.165, 1.54) is 12.3 Å². The van der Waals surface area contributed by atoms with Crippen molar-refractivity contribution in [3.8, 4) is 0 Å². The first-order valence-electron chi connectivity index (χ1n) is 9.34. The van der Waals surface area contributed by atoms with Crippen LogP contribution in [0.15, 0.2) is 17.1 Å². The van der Waals surface area contributed by atoms with Crippen molar-refractivity contribution in [2.75, 3.05) is 18.0 Å². The maximum atomic E-state index is 15.2. The molecular formula is C19H21FN4O3. The first-order valence-corrected chi connectivity index (χ1v) is 9.34. The summed E-state index contributed by atoms with van der Waals surface area (Å²) in [5, 5.41) is 12.9. The molecule has 2 aliphatic heterocycles. The average molecular weight is 372 g/mol. The molecule has 0 spiro atoms. The first kappa shape index (κ1) is 16.7. The van der Waals surface area contributed by atoms with Gasteiger partial charge in [0.2, 0.25) is 5.43 Å². The topological polar surface area (TPSA) is 101 Å². The van der Waals surface area contributed by atoms with Crippen LogP contribution in [-0.2, 0) is 6.54 Å². The van der Waals surface area contributed by atoms with E-state index in [1.54, 1.807) is 0 Å². The fourth-order valence-electron chi connectivity index (χ4n) is 4.59. The maximum Gasteiger partial charge on any atom is 0.341 e. The molecule has 0 amide bonds. The highest BCUT2D eigenvalue weighted by molar-refractivity contribution is 5.95. The van der Waals surface area contributed by atoms with Crippen molar-refractivity contribution in [1.29, 1.82) is 0 Å². The second-order valence-corrected chi connectivity index (χ2v) is 7.74. The fraction of sp³-hybridized carbons (Fsp3) is 0.474. The fourth-order valence-corrected chi connectivity index (χ4v) is 4.59. The van der Waals surface area contributed by atoms with Crippen molar-refractivity contribution in [3.05, 3.63) is 39.4 Å². The molecule has 0 unspecified atom stereocenters. The lowest BCUT2D eigenvalue weighted by atomic mass is 10.0. The van der Waals surface area contributed by atoms with Gasteiger partial charge >= 0.3 is 5.97 Å². The Morgan fingerprint density at radius 1 is 1.33 bits per heavy atom. The number of nitrogens with two attached hydrogens (primary N) is 1. The number of hydrogen-bond donors (Lipinski definition) is 3. The zero-order valence-electron chi connectivity index (χ0n) is 14.7. The van der Waals surface area contributed by atoms with Crippen LogP contribution in [0.4, 0.5) is 10.1 Å². The summed E-state index contributed by atoms with van der Waals surface area (Å²) >= 11 is 0. The van der Waals surface area contributed by atoms with E-state index in [-0.39, 0.29) is 29.1 Å². The highest BCUT2D eigenvalue weighted by atomic mass is 19.1. The molecule has 2 fully saturated rings. The number of nitrogens with zero attached hydrogens (tertiary/aromatic N) is 2. The highest BCUT2D eigenvalue weighted by Gasteiger charge is 2.38. The highest BCUT2D eigenvalue weighted by Crippen LogP contribution is 2.41. The summed E-state index contributed by atoms with van der Waals surface area (Å²) in [7, 11) is 0. The number of pyridine rings is 1. The molecule has 142 valence electrons. The smallest absolute Gasteiger partial charge is 0.341 e. The molecule has 1 saturated carbocycles. The second kappa shape index (κ2) is 5.77. The predicted molar refractivity (Wildman–Crippen MR) is 98.8 cm³/mol. The molecule has 3 aliphatic rings. The van der Waals surface area contributed by atoms with Crippen molar-refractivity contribution in [3.63, 3.8) is 0 Å². The number of halogens is 1. The van der Waals surface area contributed by atoms with Crippen LogP contribution in [0.5, 0.6) is 0 Å². The molecule has 7 nitrogen and oxygen atoms in total. The Kier molecular flexibility index (Phi) is 3.57. The van der Waals surface area contributed by atoms with Crippen molar-refractivity contribution in [2.45, 2.75) is 43.9 Å². The number of benzene rings is 1. The van der Waals surface area contributed by atoms with Gasteiger partial charge in [-0.2, -0.15) is 0 Å². The van der Waals surface area contributed by atoms with Crippen molar-refractivity contribution < 1.29 is 14.3 Å². The van der Waals surface area contributed by atoms with E-state index in [2.05, 4.69) is 5.32 Å². The van der Waals surface area contributed by atoms with Crippen molar-refractivity contribution in [2.24, 2.45) is 5.73 Å². The Bertz CT molecular complexity index is 1030. The van der Waals surface area contributed by atoms with Crippen molar-refractivity contribution in [1.82, 2.24) is 9.88 Å². The zero-order chi connectivity index (χ0) is 18.9. The van der Waals surface area contributed by atoms with Gasteiger partial charge < -0.3 is 25.6 Å². The van der Waals surface area contributed by atoms with Gasteiger partial charge in [-0.1, -0.05) is 0 Å². The van der Waals surface area contributed by atoms with Crippen LogP contribution in [0.3, 0.4) is 0 Å². The summed E-state index contributed by atoms with van der Waals surface area (Å²) in [6.45, 7) is 1.74. The van der Waals surface area contributed by atoms with E-state index in [9.17, 15) is 14.7 Å². The van der Waals surface area contributed by atoms with Gasteiger partial charge in [-0.05, 0) is 25.3 Å². The lowest BCUT2D eigenvalue weighted by Gasteiger charge is -2.28. The van der Waals surface area contributed by atoms with Gasteiger partial charge in [-0.25, -0.2) is 9.18 Å².